The Morgan fingerprint density at radius 3 is 2.76 bits per heavy atom. The number of hydrogen-bond donors (Lipinski definition) is 2. The quantitative estimate of drug-likeness (QED) is 0.820. The van der Waals surface area contributed by atoms with Crippen molar-refractivity contribution in [1.29, 1.82) is 0 Å². The van der Waals surface area contributed by atoms with E-state index in [9.17, 15) is 14.0 Å². The lowest BCUT2D eigenvalue weighted by molar-refractivity contribution is -0.130. The zero-order valence-electron chi connectivity index (χ0n) is 11.8. The van der Waals surface area contributed by atoms with Gasteiger partial charge in [0.2, 0.25) is 5.91 Å². The van der Waals surface area contributed by atoms with Crippen molar-refractivity contribution in [3.05, 3.63) is 29.6 Å². The lowest BCUT2D eigenvalue weighted by Gasteiger charge is -2.27. The molecule has 0 bridgehead atoms. The van der Waals surface area contributed by atoms with Crippen molar-refractivity contribution in [2.75, 3.05) is 39.8 Å². The van der Waals surface area contributed by atoms with Gasteiger partial charge in [-0.2, -0.15) is 0 Å². The summed E-state index contributed by atoms with van der Waals surface area (Å²) in [6, 6.07) is 3.81. The number of nitrogens with one attached hydrogen (secondary N) is 2. The van der Waals surface area contributed by atoms with Gasteiger partial charge in [0.25, 0.3) is 5.91 Å². The number of rotatable bonds is 4. The average molecular weight is 295 g/mol. The van der Waals surface area contributed by atoms with Gasteiger partial charge in [-0.05, 0) is 18.2 Å². The zero-order chi connectivity index (χ0) is 15.2. The summed E-state index contributed by atoms with van der Waals surface area (Å²) in [5.74, 6) is -1.10. The maximum absolute atomic E-state index is 13.3. The van der Waals surface area contributed by atoms with E-state index in [0.717, 1.165) is 19.2 Å². The van der Waals surface area contributed by atoms with Crippen LogP contribution in [0.15, 0.2) is 18.2 Å². The molecule has 1 aromatic rings. The van der Waals surface area contributed by atoms with Crippen LogP contribution >= 0.6 is 0 Å². The van der Waals surface area contributed by atoms with Crippen LogP contribution < -0.4 is 15.4 Å². The van der Waals surface area contributed by atoms with Crippen molar-refractivity contribution in [3.63, 3.8) is 0 Å². The number of hydrogen-bond acceptors (Lipinski definition) is 4. The van der Waals surface area contributed by atoms with Crippen LogP contribution in [0.25, 0.3) is 0 Å². The number of carbonyl (C=O) groups is 2. The maximum atomic E-state index is 13.3. The third-order valence-electron chi connectivity index (χ3n) is 3.28. The van der Waals surface area contributed by atoms with E-state index in [1.54, 1.807) is 4.90 Å². The first kappa shape index (κ1) is 15.2. The Hall–Kier alpha value is -2.15. The molecule has 7 heteroatoms. The highest BCUT2D eigenvalue weighted by Crippen LogP contribution is 2.17. The minimum Gasteiger partial charge on any atom is -0.494 e. The Labute approximate surface area is 122 Å². The first-order chi connectivity index (χ1) is 10.1. The average Bonchev–Trinajstić information content (AvgIpc) is 2.53. The van der Waals surface area contributed by atoms with Gasteiger partial charge < -0.3 is 20.3 Å². The number of ether oxygens (including phenoxy) is 1. The molecule has 1 saturated heterocycles. The second kappa shape index (κ2) is 7.03. The third kappa shape index (κ3) is 3.91. The van der Waals surface area contributed by atoms with E-state index >= 15 is 0 Å². The van der Waals surface area contributed by atoms with Crippen LogP contribution in [-0.2, 0) is 4.79 Å². The molecule has 1 aliphatic rings. The number of amides is 2. The Balaban J connectivity index is 1.90. The molecule has 0 unspecified atom stereocenters. The first-order valence-electron chi connectivity index (χ1n) is 6.72. The van der Waals surface area contributed by atoms with Gasteiger partial charge in [0.1, 0.15) is 0 Å². The summed E-state index contributed by atoms with van der Waals surface area (Å²) < 4.78 is 18.1. The molecule has 1 fully saturated rings. The van der Waals surface area contributed by atoms with Crippen LogP contribution in [0.5, 0.6) is 5.75 Å². The van der Waals surface area contributed by atoms with Gasteiger partial charge in [-0.15, -0.1) is 0 Å². The molecule has 6 nitrogen and oxygen atoms in total. The molecule has 0 atom stereocenters. The number of carbonyl (C=O) groups excluding carboxylic acids is 2. The summed E-state index contributed by atoms with van der Waals surface area (Å²) >= 11 is 0. The molecule has 1 heterocycles. The van der Waals surface area contributed by atoms with Gasteiger partial charge in [0, 0.05) is 31.7 Å². The molecule has 0 aromatic heterocycles. The fourth-order valence-electron chi connectivity index (χ4n) is 2.09. The number of nitrogens with zero attached hydrogens (tertiary/aromatic N) is 1. The molecule has 2 rings (SSSR count). The van der Waals surface area contributed by atoms with Crippen molar-refractivity contribution >= 4 is 11.8 Å². The Morgan fingerprint density at radius 2 is 2.10 bits per heavy atom. The summed E-state index contributed by atoms with van der Waals surface area (Å²) in [6.45, 7) is 2.72. The fraction of sp³-hybridized carbons (Fsp3) is 0.429. The van der Waals surface area contributed by atoms with Gasteiger partial charge >= 0.3 is 0 Å². The van der Waals surface area contributed by atoms with E-state index in [1.165, 1.54) is 19.2 Å². The molecule has 114 valence electrons. The van der Waals surface area contributed by atoms with Gasteiger partial charge in [-0.1, -0.05) is 0 Å². The second-order valence-corrected chi connectivity index (χ2v) is 4.66. The Morgan fingerprint density at radius 1 is 1.38 bits per heavy atom. The summed E-state index contributed by atoms with van der Waals surface area (Å²) in [6.07, 6.45) is 0. The predicted molar refractivity (Wildman–Crippen MR) is 74.7 cm³/mol. The molecule has 1 aromatic carbocycles. The molecule has 0 spiro atoms. The SMILES string of the molecule is COc1cc(C(=O)NCC(=O)N2CCNCC2)ccc1F. The predicted octanol–water partition coefficient (Wildman–Crippen LogP) is -0.00410. The van der Waals surface area contributed by atoms with E-state index in [2.05, 4.69) is 10.6 Å². The van der Waals surface area contributed by atoms with Gasteiger partial charge in [0.15, 0.2) is 11.6 Å². The highest BCUT2D eigenvalue weighted by atomic mass is 19.1. The van der Waals surface area contributed by atoms with Gasteiger partial charge in [-0.25, -0.2) is 4.39 Å². The van der Waals surface area contributed by atoms with Crippen LogP contribution in [0.2, 0.25) is 0 Å². The van der Waals surface area contributed by atoms with Crippen molar-refractivity contribution < 1.29 is 18.7 Å². The Bertz CT molecular complexity index is 530. The molecule has 1 aliphatic heterocycles. The lowest BCUT2D eigenvalue weighted by Crippen LogP contribution is -2.49. The van der Waals surface area contributed by atoms with E-state index < -0.39 is 11.7 Å². The Kier molecular flexibility index (Phi) is 5.10. The molecule has 2 N–H and O–H groups in total. The lowest BCUT2D eigenvalue weighted by atomic mass is 10.2. The van der Waals surface area contributed by atoms with Crippen LogP contribution in [0.1, 0.15) is 10.4 Å². The van der Waals surface area contributed by atoms with E-state index in [0.29, 0.717) is 13.1 Å². The first-order valence-corrected chi connectivity index (χ1v) is 6.72. The van der Waals surface area contributed by atoms with Crippen LogP contribution in [0.4, 0.5) is 4.39 Å². The minimum atomic E-state index is -0.536. The van der Waals surface area contributed by atoms with Crippen molar-refractivity contribution in [2.24, 2.45) is 0 Å². The van der Waals surface area contributed by atoms with E-state index in [4.69, 9.17) is 4.74 Å². The minimum absolute atomic E-state index is 0.00363. The van der Waals surface area contributed by atoms with Crippen LogP contribution in [-0.4, -0.2) is 56.5 Å². The van der Waals surface area contributed by atoms with Crippen molar-refractivity contribution in [3.8, 4) is 5.75 Å². The molecule has 0 radical (unpaired) electrons. The molecule has 21 heavy (non-hydrogen) atoms. The monoisotopic (exact) mass is 295 g/mol. The standard InChI is InChI=1S/C14H18FN3O3/c1-21-12-8-10(2-3-11(12)15)14(20)17-9-13(19)18-6-4-16-5-7-18/h2-3,8,16H,4-7,9H2,1H3,(H,17,20). The largest absolute Gasteiger partial charge is 0.494 e. The topological polar surface area (TPSA) is 70.7 Å². The summed E-state index contributed by atoms with van der Waals surface area (Å²) in [5.41, 5.74) is 0.251. The second-order valence-electron chi connectivity index (χ2n) is 4.66. The number of piperazine rings is 1. The number of halogens is 1. The van der Waals surface area contributed by atoms with Crippen LogP contribution in [0.3, 0.4) is 0 Å². The summed E-state index contributed by atoms with van der Waals surface area (Å²) in [7, 11) is 1.33. The van der Waals surface area contributed by atoms with Crippen molar-refractivity contribution in [2.45, 2.75) is 0 Å². The van der Waals surface area contributed by atoms with Gasteiger partial charge in [0.05, 0.1) is 13.7 Å². The maximum Gasteiger partial charge on any atom is 0.251 e. The van der Waals surface area contributed by atoms with E-state index in [-0.39, 0.29) is 23.8 Å². The van der Waals surface area contributed by atoms with Crippen LogP contribution in [0, 0.1) is 5.82 Å². The smallest absolute Gasteiger partial charge is 0.251 e. The van der Waals surface area contributed by atoms with Crippen molar-refractivity contribution in [1.82, 2.24) is 15.5 Å². The third-order valence-corrected chi connectivity index (χ3v) is 3.28. The van der Waals surface area contributed by atoms with Gasteiger partial charge in [-0.3, -0.25) is 9.59 Å². The molecule has 2 amide bonds. The highest BCUT2D eigenvalue weighted by molar-refractivity contribution is 5.96. The van der Waals surface area contributed by atoms with E-state index in [1.807, 2.05) is 0 Å². The molecule has 0 saturated carbocycles. The fourth-order valence-corrected chi connectivity index (χ4v) is 2.09. The molecule has 0 aliphatic carbocycles. The summed E-state index contributed by atoms with van der Waals surface area (Å²) in [4.78, 5) is 25.5. The molecular formula is C14H18FN3O3. The highest BCUT2D eigenvalue weighted by Gasteiger charge is 2.17. The summed E-state index contributed by atoms with van der Waals surface area (Å²) in [5, 5.41) is 5.69. The molecular weight excluding hydrogens is 277 g/mol. The zero-order valence-corrected chi connectivity index (χ0v) is 11.8. The normalized spacial score (nSPS) is 14.7. The number of methoxy groups -OCH3 is 1. The number of benzene rings is 1.